The lowest BCUT2D eigenvalue weighted by Gasteiger charge is -2.12. The van der Waals surface area contributed by atoms with Crippen LogP contribution < -0.4 is 9.47 Å². The lowest BCUT2D eigenvalue weighted by molar-refractivity contribution is -0.140. The lowest BCUT2D eigenvalue weighted by atomic mass is 10.1. The molecule has 2 aromatic carbocycles. The molecule has 3 aromatic rings. The molecule has 156 valence electrons. The van der Waals surface area contributed by atoms with Crippen LogP contribution in [-0.4, -0.2) is 28.9 Å². The second-order valence-electron chi connectivity index (χ2n) is 7.19. The van der Waals surface area contributed by atoms with Crippen LogP contribution in [0.3, 0.4) is 0 Å². The Morgan fingerprint density at radius 3 is 2.70 bits per heavy atom. The number of ether oxygens (including phenoxy) is 2. The van der Waals surface area contributed by atoms with E-state index in [1.54, 1.807) is 23.8 Å². The summed E-state index contributed by atoms with van der Waals surface area (Å²) in [6, 6.07) is 14.6. The predicted octanol–water partition coefficient (Wildman–Crippen LogP) is 4.96. The summed E-state index contributed by atoms with van der Waals surface area (Å²) in [6.45, 7) is 4.80. The van der Waals surface area contributed by atoms with Gasteiger partial charge >= 0.3 is 5.97 Å². The molecular weight excluding hydrogens is 380 g/mol. The standard InChI is InChI=1S/C24H26N2O4/c1-3-5-20-14-18(16-25)6-9-23(20)30-13-4-12-29-21-7-8-22-19(15-21)10-11-26(22)17(2)24(27)28/h6-11,14-15,17H,3-5,12-13H2,1-2H3,(H,27,28). The van der Waals surface area contributed by atoms with Gasteiger partial charge in [0.25, 0.3) is 0 Å². The number of carboxylic acids is 1. The molecule has 0 saturated heterocycles. The maximum absolute atomic E-state index is 11.2. The number of rotatable bonds is 10. The molecule has 6 nitrogen and oxygen atoms in total. The van der Waals surface area contributed by atoms with Crippen LogP contribution in [0.4, 0.5) is 0 Å². The largest absolute Gasteiger partial charge is 0.493 e. The SMILES string of the molecule is CCCc1cc(C#N)ccc1OCCCOc1ccc2c(ccn2C(C)C(=O)O)c1. The first-order valence-electron chi connectivity index (χ1n) is 10.2. The number of aliphatic carboxylic acids is 1. The van der Waals surface area contributed by atoms with Crippen molar-refractivity contribution in [1.29, 1.82) is 5.26 Å². The third-order valence-corrected chi connectivity index (χ3v) is 4.99. The molecule has 6 heteroatoms. The number of fused-ring (bicyclic) bond motifs is 1. The molecule has 30 heavy (non-hydrogen) atoms. The van der Waals surface area contributed by atoms with Crippen LogP contribution in [0.15, 0.2) is 48.7 Å². The third-order valence-electron chi connectivity index (χ3n) is 4.99. The summed E-state index contributed by atoms with van der Waals surface area (Å²) < 4.78 is 13.5. The summed E-state index contributed by atoms with van der Waals surface area (Å²) >= 11 is 0. The molecular formula is C24H26N2O4. The zero-order valence-electron chi connectivity index (χ0n) is 17.3. The van der Waals surface area contributed by atoms with Gasteiger partial charge < -0.3 is 19.1 Å². The highest BCUT2D eigenvalue weighted by Gasteiger charge is 2.15. The van der Waals surface area contributed by atoms with Crippen molar-refractivity contribution < 1.29 is 19.4 Å². The average Bonchev–Trinajstić information content (AvgIpc) is 3.17. The first-order valence-corrected chi connectivity index (χ1v) is 10.2. The summed E-state index contributed by atoms with van der Waals surface area (Å²) in [4.78, 5) is 11.2. The Morgan fingerprint density at radius 1 is 1.17 bits per heavy atom. The molecule has 1 atom stereocenters. The topological polar surface area (TPSA) is 84.5 Å². The van der Waals surface area contributed by atoms with E-state index in [4.69, 9.17) is 14.7 Å². The van der Waals surface area contributed by atoms with E-state index in [0.717, 1.165) is 47.2 Å². The fraction of sp³-hybridized carbons (Fsp3) is 0.333. The van der Waals surface area contributed by atoms with E-state index < -0.39 is 12.0 Å². The van der Waals surface area contributed by atoms with Gasteiger partial charge in [-0.3, -0.25) is 0 Å². The highest BCUT2D eigenvalue weighted by molar-refractivity contribution is 5.84. The average molecular weight is 406 g/mol. The number of aromatic nitrogens is 1. The molecule has 0 saturated carbocycles. The van der Waals surface area contributed by atoms with E-state index >= 15 is 0 Å². The molecule has 1 aromatic heterocycles. The van der Waals surface area contributed by atoms with Crippen LogP contribution >= 0.6 is 0 Å². The molecule has 1 heterocycles. The molecule has 0 amide bonds. The summed E-state index contributed by atoms with van der Waals surface area (Å²) in [5.74, 6) is 0.705. The summed E-state index contributed by atoms with van der Waals surface area (Å²) in [5, 5.41) is 19.2. The lowest BCUT2D eigenvalue weighted by Crippen LogP contribution is -2.14. The van der Waals surface area contributed by atoms with Crippen LogP contribution in [-0.2, 0) is 11.2 Å². The van der Waals surface area contributed by atoms with E-state index in [9.17, 15) is 9.90 Å². The summed E-state index contributed by atoms with van der Waals surface area (Å²) in [6.07, 6.45) is 4.37. The van der Waals surface area contributed by atoms with Crippen molar-refractivity contribution in [3.8, 4) is 17.6 Å². The van der Waals surface area contributed by atoms with Gasteiger partial charge in [0.1, 0.15) is 17.5 Å². The Morgan fingerprint density at radius 2 is 1.97 bits per heavy atom. The van der Waals surface area contributed by atoms with Crippen LogP contribution in [0.25, 0.3) is 10.9 Å². The molecule has 0 bridgehead atoms. The van der Waals surface area contributed by atoms with Crippen molar-refractivity contribution in [3.05, 3.63) is 59.8 Å². The van der Waals surface area contributed by atoms with Crippen molar-refractivity contribution in [2.75, 3.05) is 13.2 Å². The molecule has 0 aliphatic heterocycles. The normalized spacial score (nSPS) is 11.8. The predicted molar refractivity (Wildman–Crippen MR) is 115 cm³/mol. The molecule has 0 aliphatic carbocycles. The van der Waals surface area contributed by atoms with Crippen LogP contribution in [0.2, 0.25) is 0 Å². The van der Waals surface area contributed by atoms with E-state index in [-0.39, 0.29) is 0 Å². The van der Waals surface area contributed by atoms with Gasteiger partial charge in [-0.25, -0.2) is 4.79 Å². The molecule has 0 fully saturated rings. The van der Waals surface area contributed by atoms with Gasteiger partial charge in [0.15, 0.2) is 0 Å². The summed E-state index contributed by atoms with van der Waals surface area (Å²) in [5.41, 5.74) is 2.57. The van der Waals surface area contributed by atoms with Gasteiger partial charge in [0.2, 0.25) is 0 Å². The first-order chi connectivity index (χ1) is 14.5. The number of aryl methyl sites for hydroxylation is 1. The molecule has 0 spiro atoms. The Kier molecular flexibility index (Phi) is 6.97. The summed E-state index contributed by atoms with van der Waals surface area (Å²) in [7, 11) is 0. The zero-order chi connectivity index (χ0) is 21.5. The van der Waals surface area contributed by atoms with E-state index in [2.05, 4.69) is 13.0 Å². The van der Waals surface area contributed by atoms with Crippen molar-refractivity contribution in [3.63, 3.8) is 0 Å². The second kappa shape index (κ2) is 9.84. The Balaban J connectivity index is 1.53. The van der Waals surface area contributed by atoms with E-state index in [1.807, 2.05) is 36.4 Å². The van der Waals surface area contributed by atoms with Crippen molar-refractivity contribution >= 4 is 16.9 Å². The number of nitriles is 1. The fourth-order valence-electron chi connectivity index (χ4n) is 3.37. The third kappa shape index (κ3) is 4.93. The van der Waals surface area contributed by atoms with Gasteiger partial charge in [0, 0.05) is 23.5 Å². The van der Waals surface area contributed by atoms with Crippen molar-refractivity contribution in [2.24, 2.45) is 0 Å². The maximum atomic E-state index is 11.2. The number of benzene rings is 2. The molecule has 1 unspecified atom stereocenters. The minimum atomic E-state index is -0.864. The van der Waals surface area contributed by atoms with Gasteiger partial charge in [0.05, 0.1) is 24.8 Å². The van der Waals surface area contributed by atoms with Gasteiger partial charge in [-0.1, -0.05) is 13.3 Å². The van der Waals surface area contributed by atoms with Crippen molar-refractivity contribution in [2.45, 2.75) is 39.2 Å². The molecule has 3 rings (SSSR count). The zero-order valence-corrected chi connectivity index (χ0v) is 17.3. The van der Waals surface area contributed by atoms with E-state index in [1.165, 1.54) is 0 Å². The Labute approximate surface area is 176 Å². The number of carboxylic acid groups (broad SMARTS) is 1. The number of hydrogen-bond acceptors (Lipinski definition) is 4. The monoisotopic (exact) mass is 406 g/mol. The van der Waals surface area contributed by atoms with E-state index in [0.29, 0.717) is 18.8 Å². The second-order valence-corrected chi connectivity index (χ2v) is 7.19. The number of carbonyl (C=O) groups is 1. The number of hydrogen-bond donors (Lipinski definition) is 1. The number of nitrogens with zero attached hydrogens (tertiary/aromatic N) is 2. The highest BCUT2D eigenvalue weighted by Crippen LogP contribution is 2.25. The maximum Gasteiger partial charge on any atom is 0.326 e. The van der Waals surface area contributed by atoms with Crippen LogP contribution in [0, 0.1) is 11.3 Å². The van der Waals surface area contributed by atoms with Gasteiger partial charge in [-0.05, 0) is 61.4 Å². The minimum Gasteiger partial charge on any atom is -0.493 e. The van der Waals surface area contributed by atoms with Crippen LogP contribution in [0.1, 0.15) is 43.9 Å². The quantitative estimate of drug-likeness (QED) is 0.481. The van der Waals surface area contributed by atoms with Crippen LogP contribution in [0.5, 0.6) is 11.5 Å². The Bertz CT molecular complexity index is 1060. The van der Waals surface area contributed by atoms with Crippen molar-refractivity contribution in [1.82, 2.24) is 4.57 Å². The highest BCUT2D eigenvalue weighted by atomic mass is 16.5. The molecule has 0 aliphatic rings. The Hall–Kier alpha value is -3.46. The minimum absolute atomic E-state index is 0.511. The van der Waals surface area contributed by atoms with Gasteiger partial charge in [-0.15, -0.1) is 0 Å². The molecule has 1 N–H and O–H groups in total. The first kappa shape index (κ1) is 21.3. The molecule has 0 radical (unpaired) electrons. The smallest absolute Gasteiger partial charge is 0.326 e. The fourth-order valence-corrected chi connectivity index (χ4v) is 3.37. The van der Waals surface area contributed by atoms with Gasteiger partial charge in [-0.2, -0.15) is 5.26 Å².